The van der Waals surface area contributed by atoms with Crippen LogP contribution in [0.15, 0.2) is 28.9 Å². The number of hydrazone groups is 1. The smallest absolute Gasteiger partial charge is 0.266 e. The van der Waals surface area contributed by atoms with E-state index in [1.807, 2.05) is 25.1 Å². The van der Waals surface area contributed by atoms with Gasteiger partial charge in [-0.15, -0.1) is 11.3 Å². The monoisotopic (exact) mass is 234 g/mol. The number of nitrogens with one attached hydrogen (secondary N) is 1. The Kier molecular flexibility index (Phi) is 3.19. The molecular formula is C12H14N2OS. The lowest BCUT2D eigenvalue weighted by Gasteiger charge is -1.97. The Balaban J connectivity index is 1.99. The average molecular weight is 234 g/mol. The lowest BCUT2D eigenvalue weighted by Crippen LogP contribution is -2.17. The molecule has 84 valence electrons. The maximum absolute atomic E-state index is 11.7. The Labute approximate surface area is 98.9 Å². The van der Waals surface area contributed by atoms with E-state index in [4.69, 9.17) is 0 Å². The van der Waals surface area contributed by atoms with Crippen molar-refractivity contribution in [1.29, 1.82) is 0 Å². The number of allylic oxidation sites excluding steroid dienone is 2. The van der Waals surface area contributed by atoms with Crippen LogP contribution < -0.4 is 5.43 Å². The number of hydrogen-bond donors (Lipinski definition) is 1. The number of amides is 1. The van der Waals surface area contributed by atoms with E-state index in [1.165, 1.54) is 16.9 Å². The van der Waals surface area contributed by atoms with E-state index in [2.05, 4.69) is 17.5 Å². The summed E-state index contributed by atoms with van der Waals surface area (Å²) >= 11 is 1.48. The predicted molar refractivity (Wildman–Crippen MR) is 66.9 cm³/mol. The molecule has 0 atom stereocenters. The van der Waals surface area contributed by atoms with Gasteiger partial charge in [0.25, 0.3) is 5.91 Å². The van der Waals surface area contributed by atoms with Gasteiger partial charge in [-0.3, -0.25) is 4.79 Å². The molecule has 0 saturated heterocycles. The molecule has 1 N–H and O–H groups in total. The van der Waals surface area contributed by atoms with Crippen molar-refractivity contribution < 1.29 is 4.79 Å². The van der Waals surface area contributed by atoms with Crippen LogP contribution in [0.25, 0.3) is 0 Å². The van der Waals surface area contributed by atoms with Crippen LogP contribution in [0.2, 0.25) is 0 Å². The molecule has 1 amide bonds. The SMILES string of the molecule is CC1=CC(=NNC(=O)c2ccc(C)s2)CC1. The van der Waals surface area contributed by atoms with E-state index in [0.717, 1.165) is 23.4 Å². The van der Waals surface area contributed by atoms with Gasteiger partial charge in [-0.2, -0.15) is 5.10 Å². The molecule has 1 aliphatic rings. The highest BCUT2D eigenvalue weighted by Crippen LogP contribution is 2.16. The summed E-state index contributed by atoms with van der Waals surface area (Å²) in [7, 11) is 0. The zero-order valence-electron chi connectivity index (χ0n) is 9.41. The third-order valence-corrected chi connectivity index (χ3v) is 3.45. The van der Waals surface area contributed by atoms with Crippen molar-refractivity contribution in [1.82, 2.24) is 5.43 Å². The maximum Gasteiger partial charge on any atom is 0.281 e. The van der Waals surface area contributed by atoms with Crippen molar-refractivity contribution in [2.75, 3.05) is 0 Å². The molecule has 0 aromatic carbocycles. The molecule has 0 fully saturated rings. The minimum atomic E-state index is -0.122. The summed E-state index contributed by atoms with van der Waals surface area (Å²) in [5, 5.41) is 4.11. The van der Waals surface area contributed by atoms with Crippen LogP contribution in [0.4, 0.5) is 0 Å². The molecule has 1 aromatic heterocycles. The van der Waals surface area contributed by atoms with Crippen LogP contribution in [0.5, 0.6) is 0 Å². The largest absolute Gasteiger partial charge is 0.281 e. The van der Waals surface area contributed by atoms with Crippen molar-refractivity contribution in [3.05, 3.63) is 33.5 Å². The summed E-state index contributed by atoms with van der Waals surface area (Å²) in [5.74, 6) is -0.122. The number of carbonyl (C=O) groups excluding carboxylic acids is 1. The van der Waals surface area contributed by atoms with E-state index in [1.54, 1.807) is 0 Å². The predicted octanol–water partition coefficient (Wildman–Crippen LogP) is 2.88. The van der Waals surface area contributed by atoms with Crippen molar-refractivity contribution >= 4 is 23.0 Å². The van der Waals surface area contributed by atoms with Gasteiger partial charge in [0, 0.05) is 4.88 Å². The molecule has 0 aliphatic heterocycles. The molecule has 0 radical (unpaired) electrons. The molecule has 1 aromatic rings. The summed E-state index contributed by atoms with van der Waals surface area (Å²) in [6.07, 6.45) is 4.00. The summed E-state index contributed by atoms with van der Waals surface area (Å²) in [6.45, 7) is 4.06. The highest BCUT2D eigenvalue weighted by atomic mass is 32.1. The number of aryl methyl sites for hydroxylation is 1. The number of nitrogens with zero attached hydrogens (tertiary/aromatic N) is 1. The van der Waals surface area contributed by atoms with E-state index >= 15 is 0 Å². The third kappa shape index (κ3) is 2.58. The topological polar surface area (TPSA) is 41.5 Å². The number of rotatable bonds is 2. The van der Waals surface area contributed by atoms with E-state index in [-0.39, 0.29) is 5.91 Å². The molecule has 3 nitrogen and oxygen atoms in total. The first-order valence-electron chi connectivity index (χ1n) is 5.25. The fourth-order valence-corrected chi connectivity index (χ4v) is 2.33. The van der Waals surface area contributed by atoms with Gasteiger partial charge in [0.15, 0.2) is 0 Å². The second-order valence-electron chi connectivity index (χ2n) is 3.95. The molecule has 0 spiro atoms. The van der Waals surface area contributed by atoms with Gasteiger partial charge in [0.1, 0.15) is 0 Å². The summed E-state index contributed by atoms with van der Waals surface area (Å²) in [5.41, 5.74) is 4.87. The molecule has 1 heterocycles. The van der Waals surface area contributed by atoms with Gasteiger partial charge in [0.2, 0.25) is 0 Å². The molecular weight excluding hydrogens is 220 g/mol. The highest BCUT2D eigenvalue weighted by Gasteiger charge is 2.09. The van der Waals surface area contributed by atoms with Crippen molar-refractivity contribution in [3.8, 4) is 0 Å². The van der Waals surface area contributed by atoms with Crippen molar-refractivity contribution in [2.24, 2.45) is 5.10 Å². The molecule has 1 aliphatic carbocycles. The first kappa shape index (κ1) is 11.1. The Morgan fingerprint density at radius 2 is 2.19 bits per heavy atom. The van der Waals surface area contributed by atoms with E-state index < -0.39 is 0 Å². The maximum atomic E-state index is 11.7. The fourth-order valence-electron chi connectivity index (χ4n) is 1.58. The zero-order chi connectivity index (χ0) is 11.5. The van der Waals surface area contributed by atoms with Crippen LogP contribution in [0, 0.1) is 6.92 Å². The van der Waals surface area contributed by atoms with Gasteiger partial charge in [-0.25, -0.2) is 5.43 Å². The molecule has 0 bridgehead atoms. The average Bonchev–Trinajstić information content (AvgIpc) is 2.84. The van der Waals surface area contributed by atoms with Crippen LogP contribution in [0.3, 0.4) is 0 Å². The Hall–Kier alpha value is -1.42. The Morgan fingerprint density at radius 1 is 1.38 bits per heavy atom. The standard InChI is InChI=1S/C12H14N2OS/c1-8-3-5-10(7-8)13-14-12(15)11-6-4-9(2)16-11/h4,6-7H,3,5H2,1-2H3,(H,14,15). The van der Waals surface area contributed by atoms with Gasteiger partial charge >= 0.3 is 0 Å². The molecule has 16 heavy (non-hydrogen) atoms. The number of thiophene rings is 1. The second kappa shape index (κ2) is 4.61. The third-order valence-electron chi connectivity index (χ3n) is 2.45. The van der Waals surface area contributed by atoms with Crippen LogP contribution in [-0.4, -0.2) is 11.6 Å². The van der Waals surface area contributed by atoms with Gasteiger partial charge in [-0.05, 0) is 44.9 Å². The summed E-state index contributed by atoms with van der Waals surface area (Å²) in [6, 6.07) is 3.76. The lowest BCUT2D eigenvalue weighted by atomic mass is 10.3. The van der Waals surface area contributed by atoms with Crippen LogP contribution >= 0.6 is 11.3 Å². The zero-order valence-corrected chi connectivity index (χ0v) is 10.2. The Bertz CT molecular complexity index is 471. The summed E-state index contributed by atoms with van der Waals surface area (Å²) < 4.78 is 0. The first-order chi connectivity index (χ1) is 7.65. The molecule has 4 heteroatoms. The normalized spacial score (nSPS) is 17.6. The fraction of sp³-hybridized carbons (Fsp3) is 0.333. The number of carbonyl (C=O) groups is 1. The highest BCUT2D eigenvalue weighted by molar-refractivity contribution is 7.13. The van der Waals surface area contributed by atoms with E-state index in [0.29, 0.717) is 4.88 Å². The first-order valence-corrected chi connectivity index (χ1v) is 6.07. The molecule has 2 rings (SSSR count). The second-order valence-corrected chi connectivity index (χ2v) is 5.23. The summed E-state index contributed by atoms with van der Waals surface area (Å²) in [4.78, 5) is 13.5. The number of hydrogen-bond acceptors (Lipinski definition) is 3. The van der Waals surface area contributed by atoms with Gasteiger partial charge < -0.3 is 0 Å². The molecule has 0 saturated carbocycles. The van der Waals surface area contributed by atoms with Gasteiger partial charge in [-0.1, -0.05) is 5.57 Å². The van der Waals surface area contributed by atoms with Crippen LogP contribution in [-0.2, 0) is 0 Å². The minimum absolute atomic E-state index is 0.122. The Morgan fingerprint density at radius 3 is 2.75 bits per heavy atom. The quantitative estimate of drug-likeness (QED) is 0.785. The van der Waals surface area contributed by atoms with Gasteiger partial charge in [0.05, 0.1) is 10.6 Å². The van der Waals surface area contributed by atoms with Crippen LogP contribution in [0.1, 0.15) is 34.3 Å². The molecule has 0 unspecified atom stereocenters. The van der Waals surface area contributed by atoms with Crippen molar-refractivity contribution in [2.45, 2.75) is 26.7 Å². The lowest BCUT2D eigenvalue weighted by molar-refractivity contribution is 0.0959. The minimum Gasteiger partial charge on any atom is -0.266 e. The van der Waals surface area contributed by atoms with Crippen molar-refractivity contribution in [3.63, 3.8) is 0 Å². The van der Waals surface area contributed by atoms with E-state index in [9.17, 15) is 4.79 Å².